The lowest BCUT2D eigenvalue weighted by atomic mass is 10.1. The van der Waals surface area contributed by atoms with Gasteiger partial charge in [-0.2, -0.15) is 0 Å². The second kappa shape index (κ2) is 9.68. The van der Waals surface area contributed by atoms with Gasteiger partial charge in [0, 0.05) is 18.2 Å². The quantitative estimate of drug-likeness (QED) is 0.710. The lowest BCUT2D eigenvalue weighted by Gasteiger charge is -2.14. The molecule has 1 aliphatic rings. The number of carbonyl (C=O) groups is 2. The van der Waals surface area contributed by atoms with Crippen molar-refractivity contribution in [3.8, 4) is 11.5 Å². The van der Waals surface area contributed by atoms with Crippen LogP contribution in [0, 0.1) is 0 Å². The summed E-state index contributed by atoms with van der Waals surface area (Å²) in [6.07, 6.45) is 5.30. The first-order valence-electron chi connectivity index (χ1n) is 7.38. The lowest BCUT2D eigenvalue weighted by Crippen LogP contribution is -2.25. The zero-order chi connectivity index (χ0) is 17.2. The van der Waals surface area contributed by atoms with E-state index in [0.717, 1.165) is 18.0 Å². The van der Waals surface area contributed by atoms with Crippen LogP contribution in [0.3, 0.4) is 0 Å². The molecule has 0 heterocycles. The van der Waals surface area contributed by atoms with Crippen LogP contribution in [0.4, 0.5) is 0 Å². The molecule has 0 saturated heterocycles. The molecule has 0 aliphatic heterocycles. The molecular weight excluding hydrogens is 302 g/mol. The fourth-order valence-corrected chi connectivity index (χ4v) is 2.40. The molecule has 23 heavy (non-hydrogen) atoms. The summed E-state index contributed by atoms with van der Waals surface area (Å²) in [6.45, 7) is 0.852. The van der Waals surface area contributed by atoms with Crippen molar-refractivity contribution >= 4 is 11.9 Å². The average Bonchev–Trinajstić information content (AvgIpc) is 3.06. The van der Waals surface area contributed by atoms with Gasteiger partial charge in [0.2, 0.25) is 0 Å². The standard InChI is InChI=1S/C14H21NO2.C2H2O4/c1-16-13-7-8-14(17-2)11(9-13)10-15-12-5-3-4-6-12;3-1(4)2(5)6/h7-9,12,15H,3-6,10H2,1-2H3;(H,3,4)(H,5,6). The van der Waals surface area contributed by atoms with Gasteiger partial charge in [0.25, 0.3) is 0 Å². The van der Waals surface area contributed by atoms with Crippen molar-refractivity contribution in [3.63, 3.8) is 0 Å². The second-order valence-electron chi connectivity index (χ2n) is 5.15. The van der Waals surface area contributed by atoms with Crippen LogP contribution in [0.15, 0.2) is 18.2 Å². The molecule has 1 aromatic carbocycles. The molecule has 0 atom stereocenters. The number of hydrogen-bond donors (Lipinski definition) is 3. The number of nitrogens with one attached hydrogen (secondary N) is 1. The van der Waals surface area contributed by atoms with E-state index in [1.165, 1.54) is 31.2 Å². The monoisotopic (exact) mass is 325 g/mol. The van der Waals surface area contributed by atoms with E-state index in [9.17, 15) is 0 Å². The van der Waals surface area contributed by atoms with E-state index < -0.39 is 11.9 Å². The predicted molar refractivity (Wildman–Crippen MR) is 83.9 cm³/mol. The first kappa shape index (κ1) is 18.8. The Morgan fingerprint density at radius 3 is 2.22 bits per heavy atom. The van der Waals surface area contributed by atoms with Gasteiger partial charge in [0.15, 0.2) is 0 Å². The third-order valence-electron chi connectivity index (χ3n) is 3.61. The van der Waals surface area contributed by atoms with Gasteiger partial charge in [0.05, 0.1) is 14.2 Å². The van der Waals surface area contributed by atoms with Crippen molar-refractivity contribution in [3.05, 3.63) is 23.8 Å². The van der Waals surface area contributed by atoms with Gasteiger partial charge in [-0.1, -0.05) is 12.8 Å². The molecule has 0 bridgehead atoms. The molecule has 1 saturated carbocycles. The molecule has 0 radical (unpaired) electrons. The van der Waals surface area contributed by atoms with Crippen molar-refractivity contribution in [2.75, 3.05) is 14.2 Å². The summed E-state index contributed by atoms with van der Waals surface area (Å²) in [5.41, 5.74) is 1.17. The number of rotatable bonds is 5. The Morgan fingerprint density at radius 2 is 1.74 bits per heavy atom. The Labute approximate surface area is 135 Å². The predicted octanol–water partition coefficient (Wildman–Crippen LogP) is 1.89. The summed E-state index contributed by atoms with van der Waals surface area (Å²) in [5.74, 6) is -1.84. The van der Waals surface area contributed by atoms with Crippen molar-refractivity contribution in [2.45, 2.75) is 38.3 Å². The first-order chi connectivity index (χ1) is 11.0. The Kier molecular flexibility index (Phi) is 7.90. The molecule has 0 unspecified atom stereocenters. The van der Waals surface area contributed by atoms with Crippen molar-refractivity contribution in [1.82, 2.24) is 5.32 Å². The van der Waals surface area contributed by atoms with Gasteiger partial charge in [-0.15, -0.1) is 0 Å². The van der Waals surface area contributed by atoms with Crippen LogP contribution in [0.25, 0.3) is 0 Å². The van der Waals surface area contributed by atoms with E-state index in [-0.39, 0.29) is 0 Å². The van der Waals surface area contributed by atoms with Crippen molar-refractivity contribution in [2.24, 2.45) is 0 Å². The summed E-state index contributed by atoms with van der Waals surface area (Å²) >= 11 is 0. The molecule has 3 N–H and O–H groups in total. The third-order valence-corrected chi connectivity index (χ3v) is 3.61. The minimum atomic E-state index is -1.82. The third kappa shape index (κ3) is 6.56. The van der Waals surface area contributed by atoms with E-state index in [4.69, 9.17) is 29.3 Å². The maximum atomic E-state index is 9.10. The largest absolute Gasteiger partial charge is 0.497 e. The molecule has 0 spiro atoms. The summed E-state index contributed by atoms with van der Waals surface area (Å²) < 4.78 is 10.6. The fraction of sp³-hybridized carbons (Fsp3) is 0.500. The van der Waals surface area contributed by atoms with E-state index >= 15 is 0 Å². The maximum absolute atomic E-state index is 9.10. The highest BCUT2D eigenvalue weighted by Gasteiger charge is 2.15. The highest BCUT2D eigenvalue weighted by Crippen LogP contribution is 2.25. The number of benzene rings is 1. The molecule has 128 valence electrons. The molecule has 7 heteroatoms. The second-order valence-corrected chi connectivity index (χ2v) is 5.15. The van der Waals surface area contributed by atoms with Crippen LogP contribution in [0.1, 0.15) is 31.2 Å². The number of carboxylic acid groups (broad SMARTS) is 2. The van der Waals surface area contributed by atoms with Crippen molar-refractivity contribution < 1.29 is 29.3 Å². The normalized spacial score (nSPS) is 13.8. The SMILES string of the molecule is COc1ccc(OC)c(CNC2CCCC2)c1.O=C(O)C(=O)O. The van der Waals surface area contributed by atoms with Crippen LogP contribution in [-0.2, 0) is 16.1 Å². The molecule has 0 amide bonds. The number of hydrogen-bond acceptors (Lipinski definition) is 5. The van der Waals surface area contributed by atoms with Gasteiger partial charge in [0.1, 0.15) is 11.5 Å². The summed E-state index contributed by atoms with van der Waals surface area (Å²) in [4.78, 5) is 18.2. The van der Waals surface area contributed by atoms with Crippen LogP contribution in [-0.4, -0.2) is 42.4 Å². The van der Waals surface area contributed by atoms with E-state index in [1.807, 2.05) is 18.2 Å². The van der Waals surface area contributed by atoms with Gasteiger partial charge >= 0.3 is 11.9 Å². The molecule has 1 aliphatic carbocycles. The van der Waals surface area contributed by atoms with E-state index in [0.29, 0.717) is 6.04 Å². The Hall–Kier alpha value is -2.28. The Morgan fingerprint density at radius 1 is 1.13 bits per heavy atom. The average molecular weight is 325 g/mol. The minimum absolute atomic E-state index is 0.672. The van der Waals surface area contributed by atoms with Crippen LogP contribution >= 0.6 is 0 Å². The molecule has 1 aromatic rings. The van der Waals surface area contributed by atoms with Gasteiger partial charge in [-0.05, 0) is 31.0 Å². The van der Waals surface area contributed by atoms with E-state index in [1.54, 1.807) is 14.2 Å². The molecular formula is C16H23NO6. The molecule has 7 nitrogen and oxygen atoms in total. The zero-order valence-electron chi connectivity index (χ0n) is 13.4. The summed E-state index contributed by atoms with van der Waals surface area (Å²) in [5, 5.41) is 18.4. The van der Waals surface area contributed by atoms with Gasteiger partial charge < -0.3 is 25.0 Å². The number of carboxylic acids is 2. The van der Waals surface area contributed by atoms with Crippen molar-refractivity contribution in [1.29, 1.82) is 0 Å². The number of ether oxygens (including phenoxy) is 2. The first-order valence-corrected chi connectivity index (χ1v) is 7.38. The topological polar surface area (TPSA) is 105 Å². The molecule has 1 fully saturated rings. The fourth-order valence-electron chi connectivity index (χ4n) is 2.40. The number of methoxy groups -OCH3 is 2. The van der Waals surface area contributed by atoms with Gasteiger partial charge in [-0.25, -0.2) is 9.59 Å². The highest BCUT2D eigenvalue weighted by atomic mass is 16.5. The highest BCUT2D eigenvalue weighted by molar-refractivity contribution is 6.27. The van der Waals surface area contributed by atoms with Gasteiger partial charge in [-0.3, -0.25) is 0 Å². The maximum Gasteiger partial charge on any atom is 0.414 e. The summed E-state index contributed by atoms with van der Waals surface area (Å²) in [7, 11) is 3.40. The van der Waals surface area contributed by atoms with Crippen LogP contribution < -0.4 is 14.8 Å². The minimum Gasteiger partial charge on any atom is -0.497 e. The van der Waals surface area contributed by atoms with Crippen LogP contribution in [0.5, 0.6) is 11.5 Å². The molecule has 0 aromatic heterocycles. The molecule has 2 rings (SSSR count). The zero-order valence-corrected chi connectivity index (χ0v) is 13.4. The Balaban J connectivity index is 0.000000379. The van der Waals surface area contributed by atoms with Crippen LogP contribution in [0.2, 0.25) is 0 Å². The smallest absolute Gasteiger partial charge is 0.414 e. The number of aliphatic carboxylic acids is 2. The lowest BCUT2D eigenvalue weighted by molar-refractivity contribution is -0.159. The van der Waals surface area contributed by atoms with E-state index in [2.05, 4.69) is 5.32 Å². The Bertz CT molecular complexity index is 513. The summed E-state index contributed by atoms with van der Waals surface area (Å²) in [6, 6.07) is 6.61.